The fourth-order valence-corrected chi connectivity index (χ4v) is 3.71. The number of piperidine rings is 1. The Morgan fingerprint density at radius 1 is 1.33 bits per heavy atom. The van der Waals surface area contributed by atoms with Crippen LogP contribution in [0.15, 0.2) is 28.8 Å². The number of carbonyl (C=O) groups is 1. The zero-order valence-electron chi connectivity index (χ0n) is 16.2. The maximum atomic E-state index is 13.1. The number of hydrogen-bond acceptors (Lipinski definition) is 4. The van der Waals surface area contributed by atoms with Crippen LogP contribution in [0.4, 0.5) is 4.39 Å². The van der Waals surface area contributed by atoms with Crippen molar-refractivity contribution in [2.24, 2.45) is 5.92 Å². The van der Waals surface area contributed by atoms with Crippen LogP contribution < -0.4 is 0 Å². The van der Waals surface area contributed by atoms with Crippen molar-refractivity contribution in [3.8, 4) is 11.4 Å². The normalized spacial score (nSPS) is 18.5. The molecule has 0 N–H and O–H groups in total. The van der Waals surface area contributed by atoms with E-state index in [1.807, 2.05) is 4.90 Å². The van der Waals surface area contributed by atoms with Gasteiger partial charge in [0.05, 0.1) is 5.92 Å². The molecule has 0 aliphatic carbocycles. The highest BCUT2D eigenvalue weighted by Crippen LogP contribution is 2.29. The van der Waals surface area contributed by atoms with Crippen LogP contribution in [0.1, 0.15) is 64.2 Å². The highest BCUT2D eigenvalue weighted by atomic mass is 19.1. The lowest BCUT2D eigenvalue weighted by molar-refractivity contribution is -0.137. The number of likely N-dealkylation sites (tertiary alicyclic amines) is 1. The summed E-state index contributed by atoms with van der Waals surface area (Å²) >= 11 is 0. The highest BCUT2D eigenvalue weighted by Gasteiger charge is 2.31. The second-order valence-electron chi connectivity index (χ2n) is 7.33. The van der Waals surface area contributed by atoms with Gasteiger partial charge in [0, 0.05) is 24.6 Å². The van der Waals surface area contributed by atoms with Crippen molar-refractivity contribution in [3.05, 3.63) is 36.0 Å². The largest absolute Gasteiger partial charge is 0.342 e. The first kappa shape index (κ1) is 19.5. The van der Waals surface area contributed by atoms with Gasteiger partial charge in [0.15, 0.2) is 0 Å². The molecule has 5 nitrogen and oxygen atoms in total. The van der Waals surface area contributed by atoms with Crippen LogP contribution in [0.3, 0.4) is 0 Å². The molecule has 1 aromatic heterocycles. The van der Waals surface area contributed by atoms with Crippen molar-refractivity contribution in [2.75, 3.05) is 13.1 Å². The molecule has 0 radical (unpaired) electrons. The first-order chi connectivity index (χ1) is 13.1. The molecule has 2 aromatic rings. The molecule has 1 fully saturated rings. The van der Waals surface area contributed by atoms with Gasteiger partial charge >= 0.3 is 0 Å². The molecule has 2 heterocycles. The Kier molecular flexibility index (Phi) is 6.58. The number of nitrogens with zero attached hydrogens (tertiary/aromatic N) is 3. The molecule has 1 amide bonds. The Morgan fingerprint density at radius 2 is 2.11 bits per heavy atom. The van der Waals surface area contributed by atoms with Crippen LogP contribution in [0.25, 0.3) is 11.4 Å². The molecule has 1 aliphatic heterocycles. The fraction of sp³-hybridized carbons (Fsp3) is 0.571. The van der Waals surface area contributed by atoms with Crippen LogP contribution in [-0.2, 0) is 4.79 Å². The lowest BCUT2D eigenvalue weighted by Gasteiger charge is -2.33. The first-order valence-electron chi connectivity index (χ1n) is 10.0. The third-order valence-corrected chi connectivity index (χ3v) is 5.37. The molecule has 3 rings (SSSR count). The minimum Gasteiger partial charge on any atom is -0.342 e. The summed E-state index contributed by atoms with van der Waals surface area (Å²) < 4.78 is 18.6. The smallest absolute Gasteiger partial charge is 0.231 e. The first-order valence-corrected chi connectivity index (χ1v) is 10.0. The number of aromatic nitrogens is 2. The number of hydrogen-bond donors (Lipinski definition) is 0. The summed E-state index contributed by atoms with van der Waals surface area (Å²) in [5.74, 6) is 1.16. The van der Waals surface area contributed by atoms with Crippen molar-refractivity contribution in [2.45, 2.75) is 58.3 Å². The molecule has 146 valence electrons. The topological polar surface area (TPSA) is 59.2 Å². The Labute approximate surface area is 159 Å². The van der Waals surface area contributed by atoms with Crippen LogP contribution in [0.2, 0.25) is 0 Å². The summed E-state index contributed by atoms with van der Waals surface area (Å²) in [6.45, 7) is 5.68. The van der Waals surface area contributed by atoms with Gasteiger partial charge in [-0.2, -0.15) is 4.98 Å². The zero-order valence-corrected chi connectivity index (χ0v) is 16.2. The molecule has 2 atom stereocenters. The highest BCUT2D eigenvalue weighted by molar-refractivity contribution is 5.79. The quantitative estimate of drug-likeness (QED) is 0.699. The Balaban J connectivity index is 1.67. The monoisotopic (exact) mass is 373 g/mol. The molecular formula is C21H28FN3O2. The lowest BCUT2D eigenvalue weighted by Crippen LogP contribution is -2.42. The van der Waals surface area contributed by atoms with Crippen molar-refractivity contribution in [3.63, 3.8) is 0 Å². The summed E-state index contributed by atoms with van der Waals surface area (Å²) in [6, 6.07) is 6.04. The van der Waals surface area contributed by atoms with E-state index < -0.39 is 0 Å². The number of halogens is 1. The SMILES string of the molecule is CCCCC(CC)C(=O)N1CCCC(c2nc(-c3ccc(F)cc3)no2)C1. The number of unbranched alkanes of at least 4 members (excludes halogenated alkanes) is 1. The van der Waals surface area contributed by atoms with E-state index >= 15 is 0 Å². The molecule has 1 aliphatic rings. The van der Waals surface area contributed by atoms with Crippen LogP contribution in [-0.4, -0.2) is 34.0 Å². The summed E-state index contributed by atoms with van der Waals surface area (Å²) in [5, 5.41) is 4.04. The third-order valence-electron chi connectivity index (χ3n) is 5.37. The molecule has 1 saturated heterocycles. The van der Waals surface area contributed by atoms with Crippen molar-refractivity contribution < 1.29 is 13.7 Å². The molecule has 0 spiro atoms. The van der Waals surface area contributed by atoms with E-state index in [1.165, 1.54) is 12.1 Å². The minimum atomic E-state index is -0.294. The maximum Gasteiger partial charge on any atom is 0.231 e. The van der Waals surface area contributed by atoms with E-state index in [0.717, 1.165) is 50.6 Å². The summed E-state index contributed by atoms with van der Waals surface area (Å²) in [7, 11) is 0. The second kappa shape index (κ2) is 9.11. The summed E-state index contributed by atoms with van der Waals surface area (Å²) in [6.07, 6.45) is 5.92. The fourth-order valence-electron chi connectivity index (χ4n) is 3.71. The van der Waals surface area contributed by atoms with Gasteiger partial charge in [-0.1, -0.05) is 31.8 Å². The molecule has 1 aromatic carbocycles. The van der Waals surface area contributed by atoms with Crippen molar-refractivity contribution in [1.29, 1.82) is 0 Å². The van der Waals surface area contributed by atoms with E-state index in [4.69, 9.17) is 4.52 Å². The van der Waals surface area contributed by atoms with Gasteiger partial charge in [-0.15, -0.1) is 0 Å². The zero-order chi connectivity index (χ0) is 19.2. The van der Waals surface area contributed by atoms with Gasteiger partial charge in [-0.05, 0) is 49.9 Å². The van der Waals surface area contributed by atoms with Crippen LogP contribution in [0, 0.1) is 11.7 Å². The van der Waals surface area contributed by atoms with E-state index in [9.17, 15) is 9.18 Å². The summed E-state index contributed by atoms with van der Waals surface area (Å²) in [4.78, 5) is 19.4. The molecule has 27 heavy (non-hydrogen) atoms. The average molecular weight is 373 g/mol. The Morgan fingerprint density at radius 3 is 2.81 bits per heavy atom. The Hall–Kier alpha value is -2.24. The predicted octanol–water partition coefficient (Wildman–Crippen LogP) is 4.80. The van der Waals surface area contributed by atoms with Gasteiger partial charge in [-0.3, -0.25) is 4.79 Å². The number of amides is 1. The Bertz CT molecular complexity index is 744. The average Bonchev–Trinajstić information content (AvgIpc) is 3.19. The van der Waals surface area contributed by atoms with E-state index in [0.29, 0.717) is 18.3 Å². The lowest BCUT2D eigenvalue weighted by atomic mass is 9.93. The van der Waals surface area contributed by atoms with Crippen molar-refractivity contribution >= 4 is 5.91 Å². The standard InChI is InChI=1S/C21H28FN3O2/c1-3-5-7-15(4-2)21(26)25-13-6-8-17(14-25)20-23-19(24-27-20)16-9-11-18(22)12-10-16/h9-12,15,17H,3-8,13-14H2,1-2H3. The summed E-state index contributed by atoms with van der Waals surface area (Å²) in [5.41, 5.74) is 0.723. The van der Waals surface area contributed by atoms with Gasteiger partial charge in [-0.25, -0.2) is 4.39 Å². The van der Waals surface area contributed by atoms with Gasteiger partial charge in [0.1, 0.15) is 5.82 Å². The van der Waals surface area contributed by atoms with Crippen LogP contribution >= 0.6 is 0 Å². The van der Waals surface area contributed by atoms with Gasteiger partial charge in [0.25, 0.3) is 0 Å². The molecular weight excluding hydrogens is 345 g/mol. The predicted molar refractivity (Wildman–Crippen MR) is 102 cm³/mol. The van der Waals surface area contributed by atoms with E-state index in [-0.39, 0.29) is 23.6 Å². The van der Waals surface area contributed by atoms with Crippen LogP contribution in [0.5, 0.6) is 0 Å². The molecule has 0 saturated carbocycles. The maximum absolute atomic E-state index is 13.1. The molecule has 2 unspecified atom stereocenters. The van der Waals surface area contributed by atoms with Gasteiger partial charge in [0.2, 0.25) is 17.6 Å². The van der Waals surface area contributed by atoms with E-state index in [2.05, 4.69) is 24.0 Å². The number of benzene rings is 1. The number of carbonyl (C=O) groups excluding carboxylic acids is 1. The van der Waals surface area contributed by atoms with Gasteiger partial charge < -0.3 is 9.42 Å². The third kappa shape index (κ3) is 4.73. The van der Waals surface area contributed by atoms with Crippen molar-refractivity contribution in [1.82, 2.24) is 15.0 Å². The molecule has 6 heteroatoms. The molecule has 0 bridgehead atoms. The number of rotatable bonds is 7. The minimum absolute atomic E-state index is 0.0630. The van der Waals surface area contributed by atoms with E-state index in [1.54, 1.807) is 12.1 Å². The second-order valence-corrected chi connectivity index (χ2v) is 7.33.